The zero-order chi connectivity index (χ0) is 19.2. The highest BCUT2D eigenvalue weighted by Crippen LogP contribution is 2.40. The van der Waals surface area contributed by atoms with Crippen molar-refractivity contribution in [2.75, 3.05) is 23.0 Å². The lowest BCUT2D eigenvalue weighted by atomic mass is 10.2. The summed E-state index contributed by atoms with van der Waals surface area (Å²) < 4.78 is 5.99. The van der Waals surface area contributed by atoms with E-state index in [4.69, 9.17) is 16.3 Å². The number of fused-ring (bicyclic) bond motifs is 2. The van der Waals surface area contributed by atoms with Crippen LogP contribution in [-0.4, -0.2) is 29.9 Å². The van der Waals surface area contributed by atoms with Crippen molar-refractivity contribution in [3.63, 3.8) is 0 Å². The van der Waals surface area contributed by atoms with Crippen molar-refractivity contribution < 1.29 is 14.3 Å². The van der Waals surface area contributed by atoms with Crippen molar-refractivity contribution in [1.82, 2.24) is 5.32 Å². The predicted molar refractivity (Wildman–Crippen MR) is 110 cm³/mol. The van der Waals surface area contributed by atoms with Gasteiger partial charge < -0.3 is 15.0 Å². The summed E-state index contributed by atoms with van der Waals surface area (Å²) in [6.07, 6.45) is 0.403. The molecule has 2 aromatic carbocycles. The first-order valence-electron chi connectivity index (χ1n) is 8.78. The van der Waals surface area contributed by atoms with Gasteiger partial charge in [0.1, 0.15) is 5.75 Å². The van der Waals surface area contributed by atoms with Crippen LogP contribution in [0, 0.1) is 0 Å². The van der Waals surface area contributed by atoms with Gasteiger partial charge in [0, 0.05) is 22.8 Å². The largest absolute Gasteiger partial charge is 0.455 e. The van der Waals surface area contributed by atoms with Crippen molar-refractivity contribution >= 4 is 40.9 Å². The number of amides is 2. The van der Waals surface area contributed by atoms with E-state index in [1.165, 1.54) is 0 Å². The smallest absolute Gasteiger partial charge is 0.246 e. The first kappa shape index (κ1) is 19.6. The second kappa shape index (κ2) is 9.15. The molecule has 27 heavy (non-hydrogen) atoms. The number of ether oxygens (including phenoxy) is 1. The maximum absolute atomic E-state index is 12.9. The number of nitrogens with one attached hydrogen (secondary N) is 1. The van der Waals surface area contributed by atoms with Crippen LogP contribution in [0.5, 0.6) is 11.5 Å². The molecular formula is C20H21ClN2O3S. The molecule has 0 radical (unpaired) electrons. The summed E-state index contributed by atoms with van der Waals surface area (Å²) in [7, 11) is 0. The standard InChI is InChI=1S/C20H21ClN2O3S/c1-2-27-10-9-19(24)22-12-20(25)23-13-14-5-3-4-6-17(14)26-18-8-7-15(21)11-16(18)23/h3-8,11H,2,9-10,12-13H2,1H3,(H,22,24). The molecule has 0 aliphatic carbocycles. The highest BCUT2D eigenvalue weighted by atomic mass is 35.5. The molecule has 3 rings (SSSR count). The molecule has 0 fully saturated rings. The van der Waals surface area contributed by atoms with Crippen LogP contribution < -0.4 is 15.0 Å². The van der Waals surface area contributed by atoms with Crippen LogP contribution in [0.15, 0.2) is 42.5 Å². The molecule has 5 nitrogen and oxygen atoms in total. The Balaban J connectivity index is 1.78. The van der Waals surface area contributed by atoms with Crippen molar-refractivity contribution in [2.45, 2.75) is 19.9 Å². The van der Waals surface area contributed by atoms with Gasteiger partial charge in [0.15, 0.2) is 5.75 Å². The maximum atomic E-state index is 12.9. The molecule has 0 bridgehead atoms. The SMILES string of the molecule is CCSCCC(=O)NCC(=O)N1Cc2ccccc2Oc2ccc(Cl)cc21. The monoisotopic (exact) mass is 404 g/mol. The minimum atomic E-state index is -0.213. The molecule has 7 heteroatoms. The number of thioether (sulfide) groups is 1. The van der Waals surface area contributed by atoms with Crippen molar-refractivity contribution in [1.29, 1.82) is 0 Å². The maximum Gasteiger partial charge on any atom is 0.246 e. The summed E-state index contributed by atoms with van der Waals surface area (Å²) in [5.74, 6) is 2.65. The Bertz CT molecular complexity index is 844. The van der Waals surface area contributed by atoms with Crippen LogP contribution in [0.2, 0.25) is 5.02 Å². The lowest BCUT2D eigenvalue weighted by molar-refractivity contribution is -0.124. The summed E-state index contributed by atoms with van der Waals surface area (Å²) in [6.45, 7) is 2.33. The molecule has 0 saturated carbocycles. The van der Waals surface area contributed by atoms with Gasteiger partial charge in [-0.1, -0.05) is 36.7 Å². The van der Waals surface area contributed by atoms with E-state index >= 15 is 0 Å². The number of rotatable bonds is 6. The van der Waals surface area contributed by atoms with E-state index in [0.29, 0.717) is 35.2 Å². The molecule has 1 aliphatic heterocycles. The van der Waals surface area contributed by atoms with Crippen molar-refractivity contribution in [3.05, 3.63) is 53.1 Å². The fourth-order valence-electron chi connectivity index (χ4n) is 2.79. The number of hydrogen-bond donors (Lipinski definition) is 1. The Kier molecular flexibility index (Phi) is 6.63. The van der Waals surface area contributed by atoms with Gasteiger partial charge in [-0.15, -0.1) is 0 Å². The third-order valence-corrected chi connectivity index (χ3v) is 5.28. The normalized spacial score (nSPS) is 12.4. The first-order valence-corrected chi connectivity index (χ1v) is 10.3. The van der Waals surface area contributed by atoms with Crippen LogP contribution in [0.3, 0.4) is 0 Å². The van der Waals surface area contributed by atoms with Crippen molar-refractivity contribution in [3.8, 4) is 11.5 Å². The molecule has 2 amide bonds. The van der Waals surface area contributed by atoms with E-state index in [-0.39, 0.29) is 18.4 Å². The third-order valence-electron chi connectivity index (χ3n) is 4.15. The topological polar surface area (TPSA) is 58.6 Å². The van der Waals surface area contributed by atoms with Gasteiger partial charge in [0.25, 0.3) is 0 Å². The minimum absolute atomic E-state index is 0.0657. The quantitative estimate of drug-likeness (QED) is 0.731. The van der Waals surface area contributed by atoms with E-state index in [0.717, 1.165) is 17.1 Å². The van der Waals surface area contributed by atoms with Crippen LogP contribution in [0.25, 0.3) is 0 Å². The summed E-state index contributed by atoms with van der Waals surface area (Å²) in [5.41, 5.74) is 1.49. The summed E-state index contributed by atoms with van der Waals surface area (Å²) in [4.78, 5) is 26.4. The second-order valence-corrected chi connectivity index (χ2v) is 7.86. The van der Waals surface area contributed by atoms with Gasteiger partial charge in [0.2, 0.25) is 11.8 Å². The number of carbonyl (C=O) groups is 2. The summed E-state index contributed by atoms with van der Waals surface area (Å²) in [6, 6.07) is 12.8. The highest BCUT2D eigenvalue weighted by Gasteiger charge is 2.25. The Morgan fingerprint density at radius 2 is 2.04 bits per heavy atom. The second-order valence-electron chi connectivity index (χ2n) is 6.03. The van der Waals surface area contributed by atoms with E-state index < -0.39 is 0 Å². The molecule has 1 N–H and O–H groups in total. The molecule has 0 saturated heterocycles. The lowest BCUT2D eigenvalue weighted by Crippen LogP contribution is -2.39. The zero-order valence-electron chi connectivity index (χ0n) is 15.0. The predicted octanol–water partition coefficient (Wildman–Crippen LogP) is 4.24. The lowest BCUT2D eigenvalue weighted by Gasteiger charge is -2.22. The molecule has 1 aliphatic rings. The molecule has 0 aromatic heterocycles. The van der Waals surface area contributed by atoms with Crippen LogP contribution in [0.1, 0.15) is 18.9 Å². The van der Waals surface area contributed by atoms with Gasteiger partial charge in [-0.05, 0) is 30.0 Å². The van der Waals surface area contributed by atoms with Crippen LogP contribution >= 0.6 is 23.4 Å². The van der Waals surface area contributed by atoms with Crippen LogP contribution in [-0.2, 0) is 16.1 Å². The van der Waals surface area contributed by atoms with E-state index in [1.54, 1.807) is 34.9 Å². The highest BCUT2D eigenvalue weighted by molar-refractivity contribution is 7.99. The van der Waals surface area contributed by atoms with E-state index in [9.17, 15) is 9.59 Å². The molecule has 0 spiro atoms. The van der Waals surface area contributed by atoms with Gasteiger partial charge in [-0.25, -0.2) is 0 Å². The Morgan fingerprint density at radius 3 is 2.85 bits per heavy atom. The molecule has 2 aromatic rings. The molecule has 142 valence electrons. The Morgan fingerprint density at radius 1 is 1.22 bits per heavy atom. The number of halogens is 1. The number of nitrogens with zero attached hydrogens (tertiary/aromatic N) is 1. The molecular weight excluding hydrogens is 384 g/mol. The first-order chi connectivity index (χ1) is 13.1. The minimum Gasteiger partial charge on any atom is -0.455 e. The van der Waals surface area contributed by atoms with E-state index in [1.807, 2.05) is 31.2 Å². The fourth-order valence-corrected chi connectivity index (χ4v) is 3.57. The molecule has 0 atom stereocenters. The van der Waals surface area contributed by atoms with Gasteiger partial charge in [-0.3, -0.25) is 9.59 Å². The number of benzene rings is 2. The third kappa shape index (κ3) is 4.96. The van der Waals surface area contributed by atoms with Crippen LogP contribution in [0.4, 0.5) is 5.69 Å². The van der Waals surface area contributed by atoms with E-state index in [2.05, 4.69) is 5.32 Å². The number of para-hydroxylation sites is 1. The average molecular weight is 405 g/mol. The number of carbonyl (C=O) groups excluding carboxylic acids is 2. The molecule has 1 heterocycles. The Labute approximate surface area is 168 Å². The number of anilines is 1. The van der Waals surface area contributed by atoms with Gasteiger partial charge >= 0.3 is 0 Å². The fraction of sp³-hybridized carbons (Fsp3) is 0.300. The number of hydrogen-bond acceptors (Lipinski definition) is 4. The Hall–Kier alpha value is -2.18. The summed E-state index contributed by atoms with van der Waals surface area (Å²) >= 11 is 7.84. The molecule has 0 unspecified atom stereocenters. The zero-order valence-corrected chi connectivity index (χ0v) is 16.6. The van der Waals surface area contributed by atoms with Gasteiger partial charge in [-0.2, -0.15) is 11.8 Å². The van der Waals surface area contributed by atoms with Crippen molar-refractivity contribution in [2.24, 2.45) is 0 Å². The average Bonchev–Trinajstić information content (AvgIpc) is 2.83. The summed E-state index contributed by atoms with van der Waals surface area (Å²) in [5, 5.41) is 3.23. The van der Waals surface area contributed by atoms with Gasteiger partial charge in [0.05, 0.1) is 18.8 Å².